The Kier molecular flexibility index (Phi) is 6.93. The molecule has 1 saturated heterocycles. The molecule has 8 heteroatoms. The zero-order valence-corrected chi connectivity index (χ0v) is 17.2. The normalized spacial score (nSPS) is 24.5. The van der Waals surface area contributed by atoms with E-state index in [1.165, 1.54) is 0 Å². The van der Waals surface area contributed by atoms with Crippen molar-refractivity contribution in [3.05, 3.63) is 17.5 Å². The van der Waals surface area contributed by atoms with Crippen molar-refractivity contribution in [2.45, 2.75) is 71.7 Å². The summed E-state index contributed by atoms with van der Waals surface area (Å²) < 4.78 is 7.77. The topological polar surface area (TPSA) is 88.5 Å². The number of morpholine rings is 1. The number of hydrogen-bond acceptors (Lipinski definition) is 4. The van der Waals surface area contributed by atoms with Crippen molar-refractivity contribution >= 4 is 11.9 Å². The zero-order valence-electron chi connectivity index (χ0n) is 17.2. The van der Waals surface area contributed by atoms with Gasteiger partial charge in [-0.25, -0.2) is 4.79 Å². The Morgan fingerprint density at radius 3 is 2.82 bits per heavy atom. The Morgan fingerprint density at radius 1 is 1.29 bits per heavy atom. The number of nitrogens with one attached hydrogen (secondary N) is 2. The van der Waals surface area contributed by atoms with Gasteiger partial charge in [-0.15, -0.1) is 0 Å². The standard InChI is InChI=1S/C20H33N5O3/c1-4-8-21-20(27)25-9-10-28-18-7-6-15(11-17(18)25)19(26)22-12-16-13-24(5-2)23-14(16)3/h13,15,17-18H,4-12H2,1-3H3,(H,21,27)(H,22,26)/t15-,17+,18+/m0/s1. The van der Waals surface area contributed by atoms with Crippen molar-refractivity contribution in [2.75, 3.05) is 19.7 Å². The van der Waals surface area contributed by atoms with Crippen LogP contribution in [0.25, 0.3) is 0 Å². The van der Waals surface area contributed by atoms with Crippen molar-refractivity contribution in [1.82, 2.24) is 25.3 Å². The lowest BCUT2D eigenvalue weighted by Crippen LogP contribution is -2.59. The fourth-order valence-electron chi connectivity index (χ4n) is 4.15. The third-order valence-corrected chi connectivity index (χ3v) is 5.80. The minimum Gasteiger partial charge on any atom is -0.374 e. The van der Waals surface area contributed by atoms with E-state index in [2.05, 4.69) is 15.7 Å². The molecule has 0 bridgehead atoms. The van der Waals surface area contributed by atoms with Gasteiger partial charge in [-0.05, 0) is 39.5 Å². The van der Waals surface area contributed by atoms with E-state index in [0.29, 0.717) is 32.7 Å². The lowest BCUT2D eigenvalue weighted by atomic mass is 9.81. The second kappa shape index (κ2) is 9.41. The maximum atomic E-state index is 12.8. The van der Waals surface area contributed by atoms with Crippen LogP contribution in [-0.2, 0) is 22.6 Å². The van der Waals surface area contributed by atoms with E-state index in [4.69, 9.17) is 4.74 Å². The van der Waals surface area contributed by atoms with E-state index in [9.17, 15) is 9.59 Å². The van der Waals surface area contributed by atoms with Crippen LogP contribution in [0.5, 0.6) is 0 Å². The van der Waals surface area contributed by atoms with Gasteiger partial charge in [0.1, 0.15) is 0 Å². The monoisotopic (exact) mass is 391 g/mol. The first-order chi connectivity index (χ1) is 13.5. The van der Waals surface area contributed by atoms with E-state index < -0.39 is 0 Å². The number of aromatic nitrogens is 2. The number of carbonyl (C=O) groups is 2. The Balaban J connectivity index is 1.58. The number of fused-ring (bicyclic) bond motifs is 1. The van der Waals surface area contributed by atoms with Gasteiger partial charge in [0.15, 0.2) is 0 Å². The number of carbonyl (C=O) groups excluding carboxylic acids is 2. The molecular weight excluding hydrogens is 358 g/mol. The van der Waals surface area contributed by atoms with Crippen LogP contribution in [0.2, 0.25) is 0 Å². The summed E-state index contributed by atoms with van der Waals surface area (Å²) in [6.07, 6.45) is 5.20. The van der Waals surface area contributed by atoms with Gasteiger partial charge in [0.25, 0.3) is 0 Å². The van der Waals surface area contributed by atoms with Gasteiger partial charge < -0.3 is 20.3 Å². The van der Waals surface area contributed by atoms with Crippen LogP contribution in [0.4, 0.5) is 4.79 Å². The largest absolute Gasteiger partial charge is 0.374 e. The van der Waals surface area contributed by atoms with Crippen LogP contribution in [-0.4, -0.2) is 58.5 Å². The van der Waals surface area contributed by atoms with Crippen LogP contribution in [0.15, 0.2) is 6.20 Å². The van der Waals surface area contributed by atoms with Gasteiger partial charge >= 0.3 is 6.03 Å². The van der Waals surface area contributed by atoms with Crippen molar-refractivity contribution in [3.63, 3.8) is 0 Å². The summed E-state index contributed by atoms with van der Waals surface area (Å²) in [6, 6.07) is -0.0662. The number of amides is 3. The lowest BCUT2D eigenvalue weighted by molar-refractivity contribution is -0.131. The molecule has 156 valence electrons. The summed E-state index contributed by atoms with van der Waals surface area (Å²) >= 11 is 0. The van der Waals surface area contributed by atoms with Crippen molar-refractivity contribution in [3.8, 4) is 0 Å². The number of nitrogens with zero attached hydrogens (tertiary/aromatic N) is 3. The van der Waals surface area contributed by atoms with E-state index in [1.54, 1.807) is 0 Å². The molecule has 2 fully saturated rings. The number of aryl methyl sites for hydroxylation is 2. The van der Waals surface area contributed by atoms with Gasteiger partial charge in [-0.2, -0.15) is 5.10 Å². The lowest BCUT2D eigenvalue weighted by Gasteiger charge is -2.45. The van der Waals surface area contributed by atoms with Crippen LogP contribution in [0, 0.1) is 12.8 Å². The zero-order chi connectivity index (χ0) is 20.1. The average molecular weight is 392 g/mol. The van der Waals surface area contributed by atoms with Gasteiger partial charge in [0.05, 0.1) is 24.4 Å². The van der Waals surface area contributed by atoms with Gasteiger partial charge in [0.2, 0.25) is 5.91 Å². The molecule has 0 aromatic carbocycles. The number of hydrogen-bond donors (Lipinski definition) is 2. The van der Waals surface area contributed by atoms with Crippen molar-refractivity contribution in [2.24, 2.45) is 5.92 Å². The minimum absolute atomic E-state index is 0.0281. The van der Waals surface area contributed by atoms with E-state index in [1.807, 2.05) is 36.5 Å². The fourth-order valence-corrected chi connectivity index (χ4v) is 4.15. The molecule has 2 aliphatic rings. The quantitative estimate of drug-likeness (QED) is 0.774. The first-order valence-corrected chi connectivity index (χ1v) is 10.5. The number of ether oxygens (including phenoxy) is 1. The van der Waals surface area contributed by atoms with Gasteiger partial charge in [-0.1, -0.05) is 6.92 Å². The highest BCUT2D eigenvalue weighted by molar-refractivity contribution is 5.79. The molecule has 3 atom stereocenters. The molecule has 1 aromatic rings. The van der Waals surface area contributed by atoms with Crippen LogP contribution < -0.4 is 10.6 Å². The van der Waals surface area contributed by atoms with E-state index in [-0.39, 0.29) is 30.0 Å². The summed E-state index contributed by atoms with van der Waals surface area (Å²) in [7, 11) is 0. The predicted molar refractivity (Wildman–Crippen MR) is 106 cm³/mol. The molecule has 1 saturated carbocycles. The van der Waals surface area contributed by atoms with E-state index >= 15 is 0 Å². The first-order valence-electron chi connectivity index (χ1n) is 10.5. The van der Waals surface area contributed by atoms with E-state index in [0.717, 1.165) is 37.1 Å². The molecule has 0 radical (unpaired) electrons. The summed E-state index contributed by atoms with van der Waals surface area (Å²) in [6.45, 7) is 9.17. The molecule has 2 heterocycles. The van der Waals surface area contributed by atoms with Crippen molar-refractivity contribution < 1.29 is 14.3 Å². The molecule has 0 unspecified atom stereocenters. The molecule has 0 spiro atoms. The number of urea groups is 1. The molecule has 1 aromatic heterocycles. The average Bonchev–Trinajstić information content (AvgIpc) is 3.09. The molecular formula is C20H33N5O3. The summed E-state index contributed by atoms with van der Waals surface area (Å²) in [5.41, 5.74) is 2.00. The predicted octanol–water partition coefficient (Wildman–Crippen LogP) is 1.82. The van der Waals surface area contributed by atoms with Crippen molar-refractivity contribution in [1.29, 1.82) is 0 Å². The van der Waals surface area contributed by atoms with Crippen LogP contribution in [0.3, 0.4) is 0 Å². The maximum Gasteiger partial charge on any atom is 0.317 e. The molecule has 1 aliphatic heterocycles. The highest BCUT2D eigenvalue weighted by atomic mass is 16.5. The summed E-state index contributed by atoms with van der Waals surface area (Å²) in [4.78, 5) is 27.2. The van der Waals surface area contributed by atoms with Gasteiger partial charge in [-0.3, -0.25) is 9.48 Å². The van der Waals surface area contributed by atoms with Crippen LogP contribution in [0.1, 0.15) is 50.8 Å². The third kappa shape index (κ3) is 4.66. The number of rotatable bonds is 6. The van der Waals surface area contributed by atoms with Crippen LogP contribution >= 0.6 is 0 Å². The molecule has 3 rings (SSSR count). The second-order valence-electron chi connectivity index (χ2n) is 7.73. The Bertz CT molecular complexity index is 689. The minimum atomic E-state index is -0.0917. The molecule has 3 amide bonds. The summed E-state index contributed by atoms with van der Waals surface area (Å²) in [5.74, 6) is -0.0347. The molecule has 8 nitrogen and oxygen atoms in total. The molecule has 1 aliphatic carbocycles. The Hall–Kier alpha value is -2.09. The fraction of sp³-hybridized carbons (Fsp3) is 0.750. The Labute approximate surface area is 167 Å². The van der Waals surface area contributed by atoms with Gasteiger partial charge in [0, 0.05) is 43.9 Å². The maximum absolute atomic E-state index is 12.8. The highest BCUT2D eigenvalue weighted by Crippen LogP contribution is 2.32. The molecule has 28 heavy (non-hydrogen) atoms. The first kappa shape index (κ1) is 20.6. The Morgan fingerprint density at radius 2 is 2.11 bits per heavy atom. The summed E-state index contributed by atoms with van der Waals surface area (Å²) in [5, 5.41) is 10.5. The molecule has 2 N–H and O–H groups in total. The highest BCUT2D eigenvalue weighted by Gasteiger charge is 2.41. The second-order valence-corrected chi connectivity index (χ2v) is 7.73. The SMILES string of the molecule is CCCNC(=O)N1CCO[C@@H]2CC[C@H](C(=O)NCc3cn(CC)nc3C)C[C@H]21. The third-order valence-electron chi connectivity index (χ3n) is 5.80. The smallest absolute Gasteiger partial charge is 0.317 e.